The average Bonchev–Trinajstić information content (AvgIpc) is 1.80. The van der Waals surface area contributed by atoms with Crippen molar-refractivity contribution >= 4 is 5.91 Å². The van der Waals surface area contributed by atoms with Crippen molar-refractivity contribution < 1.29 is 9.53 Å². The number of carbonyl (C=O) groups is 1. The Bertz CT molecular complexity index is 172. The van der Waals surface area contributed by atoms with Crippen molar-refractivity contribution in [1.29, 1.82) is 0 Å². The van der Waals surface area contributed by atoms with Crippen LogP contribution in [0.3, 0.4) is 0 Å². The number of hydrogen-bond donors (Lipinski definition) is 1. The van der Waals surface area contributed by atoms with Gasteiger partial charge in [-0.1, -0.05) is 0 Å². The first-order chi connectivity index (χ1) is 4.20. The molecule has 1 amide bonds. The lowest BCUT2D eigenvalue weighted by molar-refractivity contribution is -0.125. The predicted molar refractivity (Wildman–Crippen MR) is 32.5 cm³/mol. The lowest BCUT2D eigenvalue weighted by atomic mass is 10.3. The quantitative estimate of drug-likeness (QED) is 0.511. The van der Waals surface area contributed by atoms with Crippen molar-refractivity contribution in [3.63, 3.8) is 0 Å². The zero-order valence-electron chi connectivity index (χ0n) is 5.52. The summed E-state index contributed by atoms with van der Waals surface area (Å²) >= 11 is 0. The molecule has 0 aromatic heterocycles. The monoisotopic (exact) mass is 127 g/mol. The fourth-order valence-corrected chi connectivity index (χ4v) is 0.615. The number of ether oxygens (including phenoxy) is 1. The Kier molecular flexibility index (Phi) is 1.42. The molecule has 50 valence electrons. The molecule has 1 heterocycles. The van der Waals surface area contributed by atoms with Crippen LogP contribution < -0.4 is 5.32 Å². The maximum atomic E-state index is 10.5. The van der Waals surface area contributed by atoms with Crippen molar-refractivity contribution in [3.05, 3.63) is 11.5 Å². The van der Waals surface area contributed by atoms with Gasteiger partial charge in [-0.25, -0.2) is 0 Å². The molecule has 9 heavy (non-hydrogen) atoms. The van der Waals surface area contributed by atoms with Crippen LogP contribution >= 0.6 is 0 Å². The number of nitrogens with one attached hydrogen (secondary N) is 1. The molecule has 1 aliphatic rings. The second-order valence-corrected chi connectivity index (χ2v) is 2.02. The van der Waals surface area contributed by atoms with Gasteiger partial charge in [0, 0.05) is 0 Å². The third kappa shape index (κ3) is 1.22. The van der Waals surface area contributed by atoms with Crippen LogP contribution in [0.2, 0.25) is 0 Å². The third-order valence-corrected chi connectivity index (χ3v) is 1.27. The smallest absolute Gasteiger partial charge is 0.262 e. The zero-order valence-corrected chi connectivity index (χ0v) is 5.52. The lowest BCUT2D eigenvalue weighted by Crippen LogP contribution is -2.31. The van der Waals surface area contributed by atoms with E-state index in [9.17, 15) is 4.79 Å². The third-order valence-electron chi connectivity index (χ3n) is 1.27. The number of carbonyl (C=O) groups excluding carboxylic acids is 1. The summed E-state index contributed by atoms with van der Waals surface area (Å²) < 4.78 is 4.97. The van der Waals surface area contributed by atoms with E-state index >= 15 is 0 Å². The molecular formula is C6H9NO2. The average molecular weight is 127 g/mol. The van der Waals surface area contributed by atoms with Crippen LogP contribution in [0.15, 0.2) is 11.5 Å². The van der Waals surface area contributed by atoms with E-state index < -0.39 is 0 Å². The van der Waals surface area contributed by atoms with Gasteiger partial charge >= 0.3 is 0 Å². The van der Waals surface area contributed by atoms with Gasteiger partial charge in [-0.2, -0.15) is 0 Å². The normalized spacial score (nSPS) is 19.1. The Morgan fingerprint density at radius 3 is 2.67 bits per heavy atom. The largest absolute Gasteiger partial charge is 0.487 e. The molecule has 3 heteroatoms. The minimum absolute atomic E-state index is 0.0712. The molecule has 1 N–H and O–H groups in total. The van der Waals surface area contributed by atoms with Gasteiger partial charge in [0.1, 0.15) is 5.76 Å². The van der Waals surface area contributed by atoms with Crippen LogP contribution in [0.1, 0.15) is 13.8 Å². The van der Waals surface area contributed by atoms with Crippen molar-refractivity contribution in [2.45, 2.75) is 13.8 Å². The van der Waals surface area contributed by atoms with E-state index in [-0.39, 0.29) is 12.5 Å². The molecule has 0 saturated carbocycles. The van der Waals surface area contributed by atoms with Crippen molar-refractivity contribution in [2.75, 3.05) is 6.61 Å². The Balaban J connectivity index is 2.72. The Hall–Kier alpha value is -0.990. The molecule has 0 radical (unpaired) electrons. The Morgan fingerprint density at radius 1 is 1.56 bits per heavy atom. The summed E-state index contributed by atoms with van der Waals surface area (Å²) in [6.07, 6.45) is 0. The molecule has 1 rings (SSSR count). The number of amides is 1. The van der Waals surface area contributed by atoms with E-state index in [0.29, 0.717) is 0 Å². The van der Waals surface area contributed by atoms with E-state index in [2.05, 4.69) is 5.32 Å². The molecule has 0 saturated heterocycles. The molecule has 0 fully saturated rings. The fourth-order valence-electron chi connectivity index (χ4n) is 0.615. The van der Waals surface area contributed by atoms with Crippen LogP contribution in [0.5, 0.6) is 0 Å². The first kappa shape index (κ1) is 6.13. The van der Waals surface area contributed by atoms with Crippen LogP contribution in [-0.4, -0.2) is 12.5 Å². The number of hydrogen-bond acceptors (Lipinski definition) is 2. The molecule has 3 nitrogen and oxygen atoms in total. The molecule has 0 aromatic carbocycles. The SMILES string of the molecule is CC1=C(C)OCC(=O)N1. The summed E-state index contributed by atoms with van der Waals surface area (Å²) in [4.78, 5) is 10.5. The van der Waals surface area contributed by atoms with Crippen molar-refractivity contribution in [3.8, 4) is 0 Å². The van der Waals surface area contributed by atoms with E-state index in [0.717, 1.165) is 11.5 Å². The van der Waals surface area contributed by atoms with Crippen molar-refractivity contribution in [2.24, 2.45) is 0 Å². The highest BCUT2D eigenvalue weighted by atomic mass is 16.5. The van der Waals surface area contributed by atoms with Gasteiger partial charge in [-0.3, -0.25) is 4.79 Å². The second-order valence-electron chi connectivity index (χ2n) is 2.02. The highest BCUT2D eigenvalue weighted by Gasteiger charge is 2.10. The molecule has 0 aromatic rings. The van der Waals surface area contributed by atoms with Gasteiger partial charge in [0.2, 0.25) is 0 Å². The van der Waals surface area contributed by atoms with Crippen LogP contribution in [0.25, 0.3) is 0 Å². The summed E-state index contributed by atoms with van der Waals surface area (Å²) in [7, 11) is 0. The van der Waals surface area contributed by atoms with Crippen LogP contribution in [0, 0.1) is 0 Å². The summed E-state index contributed by atoms with van der Waals surface area (Å²) in [5.74, 6) is 0.729. The first-order valence-corrected chi connectivity index (χ1v) is 2.80. The topological polar surface area (TPSA) is 38.3 Å². The highest BCUT2D eigenvalue weighted by Crippen LogP contribution is 2.05. The minimum Gasteiger partial charge on any atom is -0.487 e. The molecule has 0 spiro atoms. The number of rotatable bonds is 0. The molecule has 0 atom stereocenters. The van der Waals surface area contributed by atoms with E-state index in [1.807, 2.05) is 13.8 Å². The fraction of sp³-hybridized carbons (Fsp3) is 0.500. The summed E-state index contributed by atoms with van der Waals surface area (Å²) in [5.41, 5.74) is 0.811. The molecule has 0 bridgehead atoms. The van der Waals surface area contributed by atoms with Gasteiger partial charge < -0.3 is 10.1 Å². The van der Waals surface area contributed by atoms with Gasteiger partial charge in [-0.15, -0.1) is 0 Å². The maximum absolute atomic E-state index is 10.5. The Morgan fingerprint density at radius 2 is 2.22 bits per heavy atom. The Labute approximate surface area is 53.7 Å². The molecular weight excluding hydrogens is 118 g/mol. The van der Waals surface area contributed by atoms with E-state index in [1.165, 1.54) is 0 Å². The standard InChI is InChI=1S/C6H9NO2/c1-4-5(2)9-3-6(8)7-4/h3H2,1-2H3,(H,7,8). The zero-order chi connectivity index (χ0) is 6.85. The predicted octanol–water partition coefficient (Wildman–Crippen LogP) is 0.384. The van der Waals surface area contributed by atoms with Crippen LogP contribution in [-0.2, 0) is 9.53 Å². The minimum atomic E-state index is -0.0712. The molecule has 1 aliphatic heterocycles. The second kappa shape index (κ2) is 2.09. The summed E-state index contributed by atoms with van der Waals surface area (Å²) in [6.45, 7) is 3.80. The molecule has 0 aliphatic carbocycles. The maximum Gasteiger partial charge on any atom is 0.262 e. The van der Waals surface area contributed by atoms with Crippen LogP contribution in [0.4, 0.5) is 0 Å². The van der Waals surface area contributed by atoms with Gasteiger partial charge in [0.05, 0.1) is 5.70 Å². The van der Waals surface area contributed by atoms with E-state index in [4.69, 9.17) is 4.74 Å². The first-order valence-electron chi connectivity index (χ1n) is 2.80. The van der Waals surface area contributed by atoms with Crippen molar-refractivity contribution in [1.82, 2.24) is 5.32 Å². The summed E-state index contributed by atoms with van der Waals surface area (Å²) in [6, 6.07) is 0. The van der Waals surface area contributed by atoms with Gasteiger partial charge in [0.15, 0.2) is 6.61 Å². The van der Waals surface area contributed by atoms with Gasteiger partial charge in [-0.05, 0) is 13.8 Å². The highest BCUT2D eigenvalue weighted by molar-refractivity contribution is 5.79. The number of allylic oxidation sites excluding steroid dienone is 2. The van der Waals surface area contributed by atoms with Gasteiger partial charge in [0.25, 0.3) is 5.91 Å². The van der Waals surface area contributed by atoms with E-state index in [1.54, 1.807) is 0 Å². The summed E-state index contributed by atoms with van der Waals surface area (Å²) in [5, 5.41) is 2.64. The lowest BCUT2D eigenvalue weighted by Gasteiger charge is -2.16. The molecule has 0 unspecified atom stereocenters.